The quantitative estimate of drug-likeness (QED) is 0.897. The van der Waals surface area contributed by atoms with Crippen molar-refractivity contribution in [2.24, 2.45) is 0 Å². The lowest BCUT2D eigenvalue weighted by Gasteiger charge is -2.25. The van der Waals surface area contributed by atoms with Gasteiger partial charge in [0.25, 0.3) is 0 Å². The summed E-state index contributed by atoms with van der Waals surface area (Å²) in [5, 5.41) is 10.5. The molecule has 2 atom stereocenters. The van der Waals surface area contributed by atoms with E-state index >= 15 is 0 Å². The third kappa shape index (κ3) is 4.20. The van der Waals surface area contributed by atoms with E-state index in [9.17, 15) is 5.11 Å². The molecule has 112 valence electrons. The standard InChI is InChI=1S/C16H25NO3/c1-3-19-16-8-5-4-7-14(16)15(18)12-17-9-6-10-20-13(2)11-17/h4-5,7-8,13,15,18H,3,6,9-12H2,1-2H3. The highest BCUT2D eigenvalue weighted by molar-refractivity contribution is 5.35. The summed E-state index contributed by atoms with van der Waals surface area (Å²) in [5.74, 6) is 0.779. The SMILES string of the molecule is CCOc1ccccc1C(O)CN1CCCOC(C)C1. The van der Waals surface area contributed by atoms with E-state index in [4.69, 9.17) is 9.47 Å². The highest BCUT2D eigenvalue weighted by Gasteiger charge is 2.20. The summed E-state index contributed by atoms with van der Waals surface area (Å²) in [4.78, 5) is 2.27. The smallest absolute Gasteiger partial charge is 0.125 e. The van der Waals surface area contributed by atoms with Crippen LogP contribution in [0.2, 0.25) is 0 Å². The molecule has 1 aliphatic heterocycles. The molecule has 1 heterocycles. The van der Waals surface area contributed by atoms with Gasteiger partial charge in [0.2, 0.25) is 0 Å². The topological polar surface area (TPSA) is 41.9 Å². The Morgan fingerprint density at radius 1 is 1.45 bits per heavy atom. The van der Waals surface area contributed by atoms with Crippen molar-refractivity contribution >= 4 is 0 Å². The first-order valence-electron chi connectivity index (χ1n) is 7.44. The van der Waals surface area contributed by atoms with Crippen LogP contribution in [0.3, 0.4) is 0 Å². The monoisotopic (exact) mass is 279 g/mol. The second kappa shape index (κ2) is 7.62. The zero-order valence-electron chi connectivity index (χ0n) is 12.4. The molecule has 0 aromatic heterocycles. The van der Waals surface area contributed by atoms with Crippen LogP contribution < -0.4 is 4.74 Å². The molecule has 0 bridgehead atoms. The van der Waals surface area contributed by atoms with Crippen LogP contribution in [-0.4, -0.2) is 49.0 Å². The molecule has 1 fully saturated rings. The highest BCUT2D eigenvalue weighted by atomic mass is 16.5. The molecule has 0 radical (unpaired) electrons. The molecule has 0 aliphatic carbocycles. The van der Waals surface area contributed by atoms with Gasteiger partial charge in [-0.15, -0.1) is 0 Å². The summed E-state index contributed by atoms with van der Waals surface area (Å²) in [6, 6.07) is 7.72. The maximum Gasteiger partial charge on any atom is 0.125 e. The van der Waals surface area contributed by atoms with Gasteiger partial charge in [-0.2, -0.15) is 0 Å². The van der Waals surface area contributed by atoms with Crippen LogP contribution in [-0.2, 0) is 4.74 Å². The van der Waals surface area contributed by atoms with Crippen LogP contribution in [0.25, 0.3) is 0 Å². The summed E-state index contributed by atoms with van der Waals surface area (Å²) < 4.78 is 11.2. The molecule has 1 saturated heterocycles. The summed E-state index contributed by atoms with van der Waals surface area (Å²) >= 11 is 0. The zero-order chi connectivity index (χ0) is 14.4. The van der Waals surface area contributed by atoms with E-state index in [0.29, 0.717) is 13.2 Å². The number of aliphatic hydroxyl groups excluding tert-OH is 1. The average Bonchev–Trinajstić information content (AvgIpc) is 2.64. The van der Waals surface area contributed by atoms with Crippen molar-refractivity contribution in [2.45, 2.75) is 32.5 Å². The largest absolute Gasteiger partial charge is 0.493 e. The van der Waals surface area contributed by atoms with Gasteiger partial charge in [0.15, 0.2) is 0 Å². The second-order valence-electron chi connectivity index (χ2n) is 5.28. The van der Waals surface area contributed by atoms with Crippen molar-refractivity contribution in [1.82, 2.24) is 4.90 Å². The van der Waals surface area contributed by atoms with E-state index in [1.165, 1.54) is 0 Å². The van der Waals surface area contributed by atoms with E-state index < -0.39 is 6.10 Å². The van der Waals surface area contributed by atoms with Gasteiger partial charge in [0.05, 0.1) is 18.8 Å². The van der Waals surface area contributed by atoms with Crippen molar-refractivity contribution < 1.29 is 14.6 Å². The minimum Gasteiger partial charge on any atom is -0.493 e. The lowest BCUT2D eigenvalue weighted by Crippen LogP contribution is -2.34. The van der Waals surface area contributed by atoms with E-state index in [2.05, 4.69) is 11.8 Å². The number of aliphatic hydroxyl groups is 1. The van der Waals surface area contributed by atoms with Crippen molar-refractivity contribution in [3.63, 3.8) is 0 Å². The summed E-state index contributed by atoms with van der Waals surface area (Å²) in [7, 11) is 0. The predicted octanol–water partition coefficient (Wildman–Crippen LogP) is 2.23. The average molecular weight is 279 g/mol. The lowest BCUT2D eigenvalue weighted by atomic mass is 10.1. The number of β-amino-alcohol motifs (C(OH)–C–C–N with tert-alkyl or cyclic N) is 1. The van der Waals surface area contributed by atoms with Crippen LogP contribution in [0, 0.1) is 0 Å². The first-order valence-corrected chi connectivity index (χ1v) is 7.44. The molecule has 1 aliphatic rings. The summed E-state index contributed by atoms with van der Waals surface area (Å²) in [6.45, 7) is 7.92. The van der Waals surface area contributed by atoms with Crippen LogP contribution in [0.5, 0.6) is 5.75 Å². The molecule has 4 nitrogen and oxygen atoms in total. The molecular formula is C16H25NO3. The van der Waals surface area contributed by atoms with Gasteiger partial charge in [0.1, 0.15) is 5.75 Å². The number of hydrogen-bond acceptors (Lipinski definition) is 4. The van der Waals surface area contributed by atoms with E-state index in [-0.39, 0.29) is 6.10 Å². The van der Waals surface area contributed by atoms with Gasteiger partial charge in [-0.25, -0.2) is 0 Å². The van der Waals surface area contributed by atoms with Gasteiger partial charge < -0.3 is 14.6 Å². The normalized spacial score (nSPS) is 22.2. The summed E-state index contributed by atoms with van der Waals surface area (Å²) in [6.07, 6.45) is 0.722. The molecule has 0 spiro atoms. The van der Waals surface area contributed by atoms with E-state index in [0.717, 1.165) is 37.4 Å². The third-order valence-corrected chi connectivity index (χ3v) is 3.55. The Morgan fingerprint density at radius 3 is 3.05 bits per heavy atom. The Kier molecular flexibility index (Phi) is 5.83. The molecule has 20 heavy (non-hydrogen) atoms. The first-order chi connectivity index (χ1) is 9.70. The maximum absolute atomic E-state index is 10.5. The molecule has 1 N–H and O–H groups in total. The maximum atomic E-state index is 10.5. The van der Waals surface area contributed by atoms with Crippen LogP contribution in [0.15, 0.2) is 24.3 Å². The van der Waals surface area contributed by atoms with E-state index in [1.807, 2.05) is 31.2 Å². The molecule has 4 heteroatoms. The van der Waals surface area contributed by atoms with Gasteiger partial charge in [-0.3, -0.25) is 4.90 Å². The Morgan fingerprint density at radius 2 is 2.25 bits per heavy atom. The van der Waals surface area contributed by atoms with Crippen LogP contribution in [0.1, 0.15) is 31.9 Å². The number of benzene rings is 1. The fourth-order valence-corrected chi connectivity index (χ4v) is 2.63. The van der Waals surface area contributed by atoms with Gasteiger partial charge in [0, 0.05) is 31.8 Å². The Balaban J connectivity index is 2.01. The Bertz CT molecular complexity index is 410. The van der Waals surface area contributed by atoms with Gasteiger partial charge >= 0.3 is 0 Å². The minimum atomic E-state index is -0.525. The second-order valence-corrected chi connectivity index (χ2v) is 5.28. The lowest BCUT2D eigenvalue weighted by molar-refractivity contribution is 0.0558. The fourth-order valence-electron chi connectivity index (χ4n) is 2.63. The fraction of sp³-hybridized carbons (Fsp3) is 0.625. The summed E-state index contributed by atoms with van der Waals surface area (Å²) in [5.41, 5.74) is 0.868. The van der Waals surface area contributed by atoms with Crippen molar-refractivity contribution in [3.05, 3.63) is 29.8 Å². The Labute approximate surface area is 121 Å². The minimum absolute atomic E-state index is 0.229. The number of rotatable bonds is 5. The number of para-hydroxylation sites is 1. The van der Waals surface area contributed by atoms with Crippen molar-refractivity contribution in [1.29, 1.82) is 0 Å². The van der Waals surface area contributed by atoms with Crippen LogP contribution >= 0.6 is 0 Å². The molecule has 0 saturated carbocycles. The molecular weight excluding hydrogens is 254 g/mol. The zero-order valence-corrected chi connectivity index (χ0v) is 12.4. The number of nitrogens with zero attached hydrogens (tertiary/aromatic N) is 1. The highest BCUT2D eigenvalue weighted by Crippen LogP contribution is 2.26. The number of hydrogen-bond donors (Lipinski definition) is 1. The van der Waals surface area contributed by atoms with E-state index in [1.54, 1.807) is 0 Å². The Hall–Kier alpha value is -1.10. The molecule has 2 unspecified atom stereocenters. The predicted molar refractivity (Wildman–Crippen MR) is 79.0 cm³/mol. The third-order valence-electron chi connectivity index (χ3n) is 3.55. The van der Waals surface area contributed by atoms with Crippen molar-refractivity contribution in [2.75, 3.05) is 32.8 Å². The van der Waals surface area contributed by atoms with Crippen LogP contribution in [0.4, 0.5) is 0 Å². The van der Waals surface area contributed by atoms with Gasteiger partial charge in [-0.1, -0.05) is 18.2 Å². The molecule has 1 aromatic carbocycles. The van der Waals surface area contributed by atoms with Crippen molar-refractivity contribution in [3.8, 4) is 5.75 Å². The first kappa shape index (κ1) is 15.3. The molecule has 1 aromatic rings. The molecule has 2 rings (SSSR count). The van der Waals surface area contributed by atoms with Gasteiger partial charge in [-0.05, 0) is 26.3 Å². The molecule has 0 amide bonds. The number of ether oxygens (including phenoxy) is 2.